The average molecular weight is 365 g/mol. The summed E-state index contributed by atoms with van der Waals surface area (Å²) in [5, 5.41) is 20.5. The molecule has 132 valence electrons. The topological polar surface area (TPSA) is 139 Å². The number of nitrogens with one attached hydrogen (secondary N) is 2. The number of rotatable bonds is 5. The van der Waals surface area contributed by atoms with E-state index in [1.807, 2.05) is 10.3 Å². The van der Waals surface area contributed by atoms with Crippen LogP contribution in [-0.4, -0.2) is 24.4 Å². The summed E-state index contributed by atoms with van der Waals surface area (Å²) < 4.78 is 24.8. The van der Waals surface area contributed by atoms with Crippen molar-refractivity contribution in [3.63, 3.8) is 0 Å². The molecule has 2 rings (SSSR count). The van der Waals surface area contributed by atoms with Crippen LogP contribution < -0.4 is 10.3 Å². The molecule has 0 aliphatic carbocycles. The van der Waals surface area contributed by atoms with Gasteiger partial charge in [-0.1, -0.05) is 12.1 Å². The number of phenolic OH excluding ortho intramolecular Hbond substituents is 1. The van der Waals surface area contributed by atoms with E-state index in [9.17, 15) is 28.4 Å². The van der Waals surface area contributed by atoms with E-state index in [2.05, 4.69) is 0 Å². The zero-order valence-corrected chi connectivity index (χ0v) is 14.1. The van der Waals surface area contributed by atoms with Gasteiger partial charge in [0.2, 0.25) is 0 Å². The maximum Gasteiger partial charge on any atom is 0.271 e. The smallest absolute Gasteiger partial charge is 0.271 e. The number of aromatic hydroxyl groups is 1. The third kappa shape index (κ3) is 3.92. The highest BCUT2D eigenvalue weighted by Gasteiger charge is 2.23. The van der Waals surface area contributed by atoms with Crippen molar-refractivity contribution in [2.24, 2.45) is 0 Å². The number of nitro groups is 1. The van der Waals surface area contributed by atoms with Crippen molar-refractivity contribution in [1.82, 2.24) is 10.3 Å². The second-order valence-electron chi connectivity index (χ2n) is 5.22. The number of hydrazine groups is 1. The van der Waals surface area contributed by atoms with E-state index in [-0.39, 0.29) is 21.9 Å². The molecule has 0 heterocycles. The van der Waals surface area contributed by atoms with Gasteiger partial charge in [0, 0.05) is 12.1 Å². The lowest BCUT2D eigenvalue weighted by molar-refractivity contribution is -0.385. The van der Waals surface area contributed by atoms with Crippen LogP contribution in [0.5, 0.6) is 5.75 Å². The van der Waals surface area contributed by atoms with E-state index in [4.69, 9.17) is 0 Å². The molecule has 0 fully saturated rings. The Balaban J connectivity index is 2.30. The monoisotopic (exact) mass is 365 g/mol. The van der Waals surface area contributed by atoms with Gasteiger partial charge in [-0.3, -0.25) is 20.3 Å². The van der Waals surface area contributed by atoms with Gasteiger partial charge >= 0.3 is 0 Å². The summed E-state index contributed by atoms with van der Waals surface area (Å²) in [4.78, 5) is 23.7. The van der Waals surface area contributed by atoms with Gasteiger partial charge < -0.3 is 5.11 Å². The van der Waals surface area contributed by atoms with Crippen LogP contribution in [0.15, 0.2) is 41.3 Å². The summed E-state index contributed by atoms with van der Waals surface area (Å²) in [6.45, 7) is 3.04. The maximum atomic E-state index is 12.4. The number of sulfonamides is 1. The highest BCUT2D eigenvalue weighted by Crippen LogP contribution is 2.25. The quantitative estimate of drug-likeness (QED) is 0.542. The molecule has 0 spiro atoms. The lowest BCUT2D eigenvalue weighted by Crippen LogP contribution is -2.41. The summed E-state index contributed by atoms with van der Waals surface area (Å²) in [5.74, 6) is -1.19. The van der Waals surface area contributed by atoms with E-state index < -0.39 is 20.9 Å². The minimum Gasteiger partial charge on any atom is -0.507 e. The minimum atomic E-state index is -4.25. The molecule has 10 heteroatoms. The highest BCUT2D eigenvalue weighted by molar-refractivity contribution is 7.89. The van der Waals surface area contributed by atoms with Crippen LogP contribution in [0.1, 0.15) is 21.5 Å². The standard InChI is InChI=1S/C15H15N3O6S/c1-9-7-11(18(21)22)8-14(10(9)2)25(23,24)17-16-15(20)12-5-3-4-6-13(12)19/h3-8,17,19H,1-2H3,(H,16,20). The Labute approximate surface area is 143 Å². The highest BCUT2D eigenvalue weighted by atomic mass is 32.2. The van der Waals surface area contributed by atoms with Crippen LogP contribution >= 0.6 is 0 Å². The Morgan fingerprint density at radius 1 is 1.20 bits per heavy atom. The summed E-state index contributed by atoms with van der Waals surface area (Å²) in [7, 11) is -4.25. The fourth-order valence-electron chi connectivity index (χ4n) is 2.09. The number of para-hydroxylation sites is 1. The van der Waals surface area contributed by atoms with Gasteiger partial charge in [0.25, 0.3) is 21.6 Å². The van der Waals surface area contributed by atoms with Crippen molar-refractivity contribution in [3.05, 3.63) is 63.2 Å². The van der Waals surface area contributed by atoms with Crippen molar-refractivity contribution >= 4 is 21.6 Å². The van der Waals surface area contributed by atoms with Crippen LogP contribution in [0.2, 0.25) is 0 Å². The van der Waals surface area contributed by atoms with E-state index >= 15 is 0 Å². The molecule has 1 amide bonds. The summed E-state index contributed by atoms with van der Waals surface area (Å²) >= 11 is 0. The fourth-order valence-corrected chi connectivity index (χ4v) is 3.27. The first-order valence-corrected chi connectivity index (χ1v) is 8.47. The molecular weight excluding hydrogens is 350 g/mol. The number of amides is 1. The second-order valence-corrected chi connectivity index (χ2v) is 6.87. The van der Waals surface area contributed by atoms with Gasteiger partial charge in [-0.15, -0.1) is 4.83 Å². The first-order chi connectivity index (χ1) is 11.6. The average Bonchev–Trinajstić information content (AvgIpc) is 2.55. The Hall–Kier alpha value is -2.98. The molecule has 0 aliphatic heterocycles. The largest absolute Gasteiger partial charge is 0.507 e. The SMILES string of the molecule is Cc1cc([N+](=O)[O-])cc(S(=O)(=O)NNC(=O)c2ccccc2O)c1C. The van der Waals surface area contributed by atoms with Gasteiger partial charge in [0.1, 0.15) is 5.75 Å². The van der Waals surface area contributed by atoms with Crippen LogP contribution in [-0.2, 0) is 10.0 Å². The number of phenols is 1. The molecule has 0 unspecified atom stereocenters. The summed E-state index contributed by atoms with van der Waals surface area (Å²) in [5.41, 5.74) is 2.19. The number of carbonyl (C=O) groups is 1. The van der Waals surface area contributed by atoms with Crippen LogP contribution in [0, 0.1) is 24.0 Å². The molecule has 0 bridgehead atoms. The van der Waals surface area contributed by atoms with Gasteiger partial charge in [-0.25, -0.2) is 8.42 Å². The number of hydrogen-bond acceptors (Lipinski definition) is 6. The molecule has 0 atom stereocenters. The van der Waals surface area contributed by atoms with Crippen molar-refractivity contribution in [1.29, 1.82) is 0 Å². The molecule has 0 aliphatic rings. The van der Waals surface area contributed by atoms with Gasteiger partial charge in [-0.2, -0.15) is 0 Å². The lowest BCUT2D eigenvalue weighted by atomic mass is 10.1. The van der Waals surface area contributed by atoms with Crippen LogP contribution in [0.3, 0.4) is 0 Å². The number of hydrogen-bond donors (Lipinski definition) is 3. The predicted octanol–water partition coefficient (Wildman–Crippen LogP) is 1.54. The van der Waals surface area contributed by atoms with Crippen LogP contribution in [0.4, 0.5) is 5.69 Å². The van der Waals surface area contributed by atoms with E-state index in [0.29, 0.717) is 11.1 Å². The molecule has 0 radical (unpaired) electrons. The van der Waals surface area contributed by atoms with Crippen LogP contribution in [0.25, 0.3) is 0 Å². The molecule has 9 nitrogen and oxygen atoms in total. The molecule has 0 saturated carbocycles. The zero-order chi connectivity index (χ0) is 18.8. The molecule has 3 N–H and O–H groups in total. The number of nitro benzene ring substituents is 1. The number of nitrogens with zero attached hydrogens (tertiary/aromatic N) is 1. The summed E-state index contributed by atoms with van der Waals surface area (Å²) in [6, 6.07) is 7.76. The van der Waals surface area contributed by atoms with Gasteiger partial charge in [0.05, 0.1) is 15.4 Å². The maximum absolute atomic E-state index is 12.4. The lowest BCUT2D eigenvalue weighted by Gasteiger charge is -2.12. The summed E-state index contributed by atoms with van der Waals surface area (Å²) in [6.07, 6.45) is 0. The molecule has 2 aromatic carbocycles. The third-order valence-corrected chi connectivity index (χ3v) is 4.93. The number of carbonyl (C=O) groups excluding carboxylic acids is 1. The minimum absolute atomic E-state index is 0.128. The van der Waals surface area contributed by atoms with Crippen molar-refractivity contribution in [2.45, 2.75) is 18.7 Å². The Morgan fingerprint density at radius 2 is 1.84 bits per heavy atom. The second kappa shape index (κ2) is 6.87. The Bertz CT molecular complexity index is 956. The van der Waals surface area contributed by atoms with Crippen molar-refractivity contribution < 1.29 is 23.2 Å². The van der Waals surface area contributed by atoms with Gasteiger partial charge in [-0.05, 0) is 37.1 Å². The molecular formula is C15H15N3O6S. The Morgan fingerprint density at radius 3 is 2.44 bits per heavy atom. The number of aryl methyl sites for hydroxylation is 1. The van der Waals surface area contributed by atoms with E-state index in [0.717, 1.165) is 6.07 Å². The molecule has 25 heavy (non-hydrogen) atoms. The van der Waals surface area contributed by atoms with E-state index in [1.165, 1.54) is 37.3 Å². The first kappa shape index (κ1) is 18.4. The number of non-ortho nitro benzene ring substituents is 1. The molecule has 0 aromatic heterocycles. The number of benzene rings is 2. The van der Waals surface area contributed by atoms with Crippen molar-refractivity contribution in [3.8, 4) is 5.75 Å². The van der Waals surface area contributed by atoms with Crippen molar-refractivity contribution in [2.75, 3.05) is 0 Å². The molecule has 0 saturated heterocycles. The first-order valence-electron chi connectivity index (χ1n) is 6.99. The fraction of sp³-hybridized carbons (Fsp3) is 0.133. The molecule has 2 aromatic rings. The predicted molar refractivity (Wildman–Crippen MR) is 88.5 cm³/mol. The third-order valence-electron chi connectivity index (χ3n) is 3.55. The normalized spacial score (nSPS) is 11.1. The van der Waals surface area contributed by atoms with Gasteiger partial charge in [0.15, 0.2) is 0 Å². The Kier molecular flexibility index (Phi) is 5.04. The van der Waals surface area contributed by atoms with E-state index in [1.54, 1.807) is 6.92 Å². The zero-order valence-electron chi connectivity index (χ0n) is 13.3.